The molecule has 0 aliphatic rings. The predicted octanol–water partition coefficient (Wildman–Crippen LogP) is 3.53. The van der Waals surface area contributed by atoms with E-state index in [4.69, 9.17) is 0 Å². The van der Waals surface area contributed by atoms with Crippen LogP contribution in [-0.2, 0) is 21.1 Å². The Morgan fingerprint density at radius 1 is 0.385 bits per heavy atom. The second-order valence-corrected chi connectivity index (χ2v) is 3.75. The van der Waals surface area contributed by atoms with Gasteiger partial charge in [0.2, 0.25) is 0 Å². The van der Waals surface area contributed by atoms with Crippen LogP contribution in [-0.4, -0.2) is 0 Å². The Balaban J connectivity index is 0.00000144. The Hall–Kier alpha value is -0.0917. The second kappa shape index (κ2) is 4.42. The van der Waals surface area contributed by atoms with E-state index >= 15 is 0 Å². The fourth-order valence-corrected chi connectivity index (χ4v) is 1.69. The van der Waals surface area contributed by atoms with Gasteiger partial charge in [-0.2, -0.15) is 0 Å². The number of hydrogen-bond acceptors (Lipinski definition) is 0. The Morgan fingerprint density at radius 2 is 0.462 bits per heavy atom. The van der Waals surface area contributed by atoms with Crippen LogP contribution >= 0.6 is 0 Å². The fraction of sp³-hybridized carbons (Fsp3) is 0.500. The van der Waals surface area contributed by atoms with Gasteiger partial charge in [0, 0.05) is 21.1 Å². The van der Waals surface area contributed by atoms with Crippen molar-refractivity contribution in [1.82, 2.24) is 0 Å². The zero-order valence-electron chi connectivity index (χ0n) is 9.41. The Labute approximate surface area is 96.0 Å². The molecular weight excluding hydrogens is 328 g/mol. The van der Waals surface area contributed by atoms with Crippen LogP contribution in [0.2, 0.25) is 0 Å². The van der Waals surface area contributed by atoms with E-state index in [1.807, 2.05) is 0 Å². The van der Waals surface area contributed by atoms with Gasteiger partial charge >= 0.3 is 0 Å². The molecule has 0 atom stereocenters. The first-order valence-electron chi connectivity index (χ1n) is 4.50. The van der Waals surface area contributed by atoms with Gasteiger partial charge < -0.3 is 0 Å². The van der Waals surface area contributed by atoms with E-state index in [-0.39, 0.29) is 21.1 Å². The molecule has 0 aliphatic heterocycles. The molecule has 0 nitrogen and oxygen atoms in total. The van der Waals surface area contributed by atoms with Crippen LogP contribution in [0.15, 0.2) is 0 Å². The van der Waals surface area contributed by atoms with Gasteiger partial charge in [-0.05, 0) is 74.9 Å². The van der Waals surface area contributed by atoms with Crippen LogP contribution < -0.4 is 0 Å². The van der Waals surface area contributed by atoms with Crippen LogP contribution in [0.25, 0.3) is 0 Å². The van der Waals surface area contributed by atoms with E-state index in [1.165, 1.54) is 33.4 Å². The molecular formula is C12H18W. The van der Waals surface area contributed by atoms with E-state index in [1.54, 1.807) is 0 Å². The molecule has 72 valence electrons. The largest absolute Gasteiger partial charge is 0.0447 e. The van der Waals surface area contributed by atoms with Crippen molar-refractivity contribution in [2.45, 2.75) is 41.5 Å². The first kappa shape index (κ1) is 12.9. The predicted molar refractivity (Wildman–Crippen MR) is 54.9 cm³/mol. The summed E-state index contributed by atoms with van der Waals surface area (Å²) in [5, 5.41) is 0. The van der Waals surface area contributed by atoms with Crippen molar-refractivity contribution < 1.29 is 21.1 Å². The van der Waals surface area contributed by atoms with Gasteiger partial charge in [0.25, 0.3) is 0 Å². The zero-order chi connectivity index (χ0) is 9.46. The van der Waals surface area contributed by atoms with Crippen molar-refractivity contribution >= 4 is 0 Å². The molecule has 1 heteroatoms. The van der Waals surface area contributed by atoms with Gasteiger partial charge in [-0.3, -0.25) is 0 Å². The summed E-state index contributed by atoms with van der Waals surface area (Å²) in [7, 11) is 0. The number of rotatable bonds is 0. The molecule has 0 radical (unpaired) electrons. The monoisotopic (exact) mass is 346 g/mol. The molecule has 0 unspecified atom stereocenters. The number of benzene rings is 1. The quantitative estimate of drug-likeness (QED) is 0.674. The van der Waals surface area contributed by atoms with Crippen molar-refractivity contribution in [2.75, 3.05) is 0 Å². The molecule has 0 heterocycles. The minimum absolute atomic E-state index is 0. The second-order valence-electron chi connectivity index (χ2n) is 3.75. The van der Waals surface area contributed by atoms with Crippen LogP contribution in [0, 0.1) is 41.5 Å². The molecule has 13 heavy (non-hydrogen) atoms. The van der Waals surface area contributed by atoms with E-state index in [0.29, 0.717) is 0 Å². The van der Waals surface area contributed by atoms with E-state index < -0.39 is 0 Å². The van der Waals surface area contributed by atoms with Crippen LogP contribution in [0.4, 0.5) is 0 Å². The van der Waals surface area contributed by atoms with Crippen LogP contribution in [0.1, 0.15) is 33.4 Å². The molecule has 0 aromatic heterocycles. The summed E-state index contributed by atoms with van der Waals surface area (Å²) in [5.41, 5.74) is 8.73. The maximum absolute atomic E-state index is 2.21. The van der Waals surface area contributed by atoms with Crippen molar-refractivity contribution in [3.63, 3.8) is 0 Å². The first-order chi connectivity index (χ1) is 5.46. The minimum atomic E-state index is 0. The van der Waals surface area contributed by atoms with Gasteiger partial charge in [0.15, 0.2) is 0 Å². The molecule has 0 aliphatic carbocycles. The Bertz CT molecular complexity index is 219. The average molecular weight is 346 g/mol. The molecule has 1 rings (SSSR count). The third-order valence-electron chi connectivity index (χ3n) is 3.38. The Morgan fingerprint density at radius 3 is 0.538 bits per heavy atom. The molecule has 0 saturated carbocycles. The van der Waals surface area contributed by atoms with Gasteiger partial charge in [0.05, 0.1) is 0 Å². The van der Waals surface area contributed by atoms with Gasteiger partial charge in [-0.1, -0.05) is 0 Å². The summed E-state index contributed by atoms with van der Waals surface area (Å²) >= 11 is 0. The topological polar surface area (TPSA) is 0 Å². The van der Waals surface area contributed by atoms with Crippen molar-refractivity contribution in [1.29, 1.82) is 0 Å². The summed E-state index contributed by atoms with van der Waals surface area (Å²) < 4.78 is 0. The van der Waals surface area contributed by atoms with Gasteiger partial charge in [0.1, 0.15) is 0 Å². The van der Waals surface area contributed by atoms with Crippen molar-refractivity contribution in [2.24, 2.45) is 0 Å². The standard InChI is InChI=1S/C12H18.W/c1-7-8(2)10(4)12(6)11(5)9(7)3;/h1-6H3;. The summed E-state index contributed by atoms with van der Waals surface area (Å²) in [5.74, 6) is 0. The minimum Gasteiger partial charge on any atom is -0.0447 e. The number of hydrogen-bond donors (Lipinski definition) is 0. The maximum atomic E-state index is 2.21. The molecule has 0 N–H and O–H groups in total. The van der Waals surface area contributed by atoms with E-state index in [2.05, 4.69) is 41.5 Å². The molecule has 0 saturated heterocycles. The third kappa shape index (κ3) is 2.05. The van der Waals surface area contributed by atoms with E-state index in [0.717, 1.165) is 0 Å². The van der Waals surface area contributed by atoms with Crippen LogP contribution in [0.5, 0.6) is 0 Å². The van der Waals surface area contributed by atoms with E-state index in [9.17, 15) is 0 Å². The van der Waals surface area contributed by atoms with Gasteiger partial charge in [-0.25, -0.2) is 0 Å². The smallest absolute Gasteiger partial charge is 0 e. The molecule has 0 amide bonds. The van der Waals surface area contributed by atoms with Crippen molar-refractivity contribution in [3.8, 4) is 0 Å². The summed E-state index contributed by atoms with van der Waals surface area (Å²) in [4.78, 5) is 0. The third-order valence-corrected chi connectivity index (χ3v) is 3.38. The summed E-state index contributed by atoms with van der Waals surface area (Å²) in [6.45, 7) is 13.3. The first-order valence-corrected chi connectivity index (χ1v) is 4.50. The average Bonchev–Trinajstić information content (AvgIpc) is 2.08. The molecule has 0 spiro atoms. The molecule has 1 aromatic rings. The Kier molecular flexibility index (Phi) is 4.39. The SMILES string of the molecule is Cc1c(C)c(C)c(C)c(C)c1C.[W]. The molecule has 0 bridgehead atoms. The van der Waals surface area contributed by atoms with Crippen LogP contribution in [0.3, 0.4) is 0 Å². The fourth-order valence-electron chi connectivity index (χ4n) is 1.69. The normalized spacial score (nSPS) is 9.69. The summed E-state index contributed by atoms with van der Waals surface area (Å²) in [6.07, 6.45) is 0. The molecule has 0 fully saturated rings. The summed E-state index contributed by atoms with van der Waals surface area (Å²) in [6, 6.07) is 0. The molecule has 1 aromatic carbocycles. The maximum Gasteiger partial charge on any atom is 0 e. The zero-order valence-corrected chi connectivity index (χ0v) is 12.3. The van der Waals surface area contributed by atoms with Gasteiger partial charge in [-0.15, -0.1) is 0 Å². The van der Waals surface area contributed by atoms with Crippen molar-refractivity contribution in [3.05, 3.63) is 33.4 Å².